The third-order valence-electron chi connectivity index (χ3n) is 3.62. The predicted octanol–water partition coefficient (Wildman–Crippen LogP) is 1.79. The van der Waals surface area contributed by atoms with E-state index >= 15 is 0 Å². The van der Waals surface area contributed by atoms with Crippen LogP contribution in [0.3, 0.4) is 0 Å². The Morgan fingerprint density at radius 2 is 1.90 bits per heavy atom. The van der Waals surface area contributed by atoms with Gasteiger partial charge >= 0.3 is 0 Å². The number of piperidine rings is 1. The summed E-state index contributed by atoms with van der Waals surface area (Å²) >= 11 is 0. The highest BCUT2D eigenvalue weighted by Gasteiger charge is 2.17. The quantitative estimate of drug-likeness (QED) is 0.477. The van der Waals surface area contributed by atoms with Crippen molar-refractivity contribution in [1.29, 1.82) is 0 Å². The summed E-state index contributed by atoms with van der Waals surface area (Å²) < 4.78 is 15.7. The molecule has 0 aromatic rings. The molecule has 20 heavy (non-hydrogen) atoms. The molecule has 4 heteroatoms. The summed E-state index contributed by atoms with van der Waals surface area (Å²) in [4.78, 5) is 2.52. The van der Waals surface area contributed by atoms with E-state index in [1.54, 1.807) is 7.11 Å². The monoisotopic (exact) mass is 283 g/mol. The van der Waals surface area contributed by atoms with Crippen LogP contribution in [0.5, 0.6) is 0 Å². The molecule has 0 saturated carbocycles. The lowest BCUT2D eigenvalue weighted by atomic mass is 9.96. The Kier molecular flexibility index (Phi) is 10.6. The highest BCUT2D eigenvalue weighted by Crippen LogP contribution is 2.18. The van der Waals surface area contributed by atoms with E-state index in [9.17, 15) is 0 Å². The number of hydrogen-bond acceptors (Lipinski definition) is 4. The fourth-order valence-electron chi connectivity index (χ4n) is 2.40. The molecule has 1 atom stereocenters. The second kappa shape index (κ2) is 12.2. The molecule has 0 aromatic carbocycles. The van der Waals surface area contributed by atoms with Crippen molar-refractivity contribution < 1.29 is 14.2 Å². The minimum absolute atomic E-state index is 0.455. The molecule has 1 unspecified atom stereocenters. The zero-order valence-electron chi connectivity index (χ0n) is 13.0. The van der Waals surface area contributed by atoms with Gasteiger partial charge in [0, 0.05) is 20.2 Å². The zero-order valence-corrected chi connectivity index (χ0v) is 13.0. The molecule has 0 aromatic heterocycles. The Bertz CT molecular complexity index is 285. The molecule has 4 nitrogen and oxygen atoms in total. The molecule has 1 aliphatic rings. The molecule has 1 aliphatic heterocycles. The largest absolute Gasteiger partial charge is 0.378 e. The van der Waals surface area contributed by atoms with E-state index in [0.29, 0.717) is 26.4 Å². The van der Waals surface area contributed by atoms with Gasteiger partial charge in [-0.2, -0.15) is 0 Å². The first-order chi connectivity index (χ1) is 9.86. The zero-order chi connectivity index (χ0) is 14.5. The van der Waals surface area contributed by atoms with Crippen LogP contribution in [-0.2, 0) is 14.2 Å². The van der Waals surface area contributed by atoms with Gasteiger partial charge in [0.15, 0.2) is 0 Å². The Balaban J connectivity index is 1.88. The van der Waals surface area contributed by atoms with E-state index < -0.39 is 0 Å². The van der Waals surface area contributed by atoms with Crippen LogP contribution in [0, 0.1) is 17.8 Å². The van der Waals surface area contributed by atoms with Crippen molar-refractivity contribution in [3.05, 3.63) is 0 Å². The van der Waals surface area contributed by atoms with Crippen molar-refractivity contribution in [1.82, 2.24) is 4.90 Å². The highest BCUT2D eigenvalue weighted by atomic mass is 16.5. The van der Waals surface area contributed by atoms with Crippen LogP contribution in [0.15, 0.2) is 0 Å². The maximum atomic E-state index is 5.59. The van der Waals surface area contributed by atoms with Crippen molar-refractivity contribution in [2.45, 2.75) is 26.2 Å². The van der Waals surface area contributed by atoms with Gasteiger partial charge in [-0.3, -0.25) is 0 Å². The highest BCUT2D eigenvalue weighted by molar-refractivity contribution is 4.98. The SMILES string of the molecule is CCC1CCCN(CCOCCOCC#CCOC)C1. The lowest BCUT2D eigenvalue weighted by molar-refractivity contribution is 0.0421. The van der Waals surface area contributed by atoms with Gasteiger partial charge in [-0.15, -0.1) is 0 Å². The number of likely N-dealkylation sites (tertiary alicyclic amines) is 1. The molecule has 1 rings (SSSR count). The summed E-state index contributed by atoms with van der Waals surface area (Å²) in [6.45, 7) is 8.79. The average Bonchev–Trinajstić information content (AvgIpc) is 2.49. The summed E-state index contributed by atoms with van der Waals surface area (Å²) in [7, 11) is 1.63. The number of ether oxygens (including phenoxy) is 3. The minimum atomic E-state index is 0.455. The fraction of sp³-hybridized carbons (Fsp3) is 0.875. The smallest absolute Gasteiger partial charge is 0.107 e. The van der Waals surface area contributed by atoms with E-state index in [1.165, 1.54) is 32.4 Å². The average molecular weight is 283 g/mol. The van der Waals surface area contributed by atoms with Crippen LogP contribution in [0.25, 0.3) is 0 Å². The molecule has 0 radical (unpaired) electrons. The van der Waals surface area contributed by atoms with Crippen molar-refractivity contribution in [3.8, 4) is 11.8 Å². The van der Waals surface area contributed by atoms with E-state index in [0.717, 1.165) is 19.1 Å². The molecule has 0 bridgehead atoms. The second-order valence-electron chi connectivity index (χ2n) is 5.17. The fourth-order valence-corrected chi connectivity index (χ4v) is 2.40. The normalized spacial score (nSPS) is 19.6. The maximum Gasteiger partial charge on any atom is 0.107 e. The minimum Gasteiger partial charge on any atom is -0.378 e. The van der Waals surface area contributed by atoms with Crippen LogP contribution >= 0.6 is 0 Å². The molecule has 1 saturated heterocycles. The van der Waals surface area contributed by atoms with Crippen LogP contribution in [0.1, 0.15) is 26.2 Å². The number of nitrogens with zero attached hydrogens (tertiary/aromatic N) is 1. The van der Waals surface area contributed by atoms with E-state index in [2.05, 4.69) is 23.7 Å². The van der Waals surface area contributed by atoms with Crippen LogP contribution in [0.4, 0.5) is 0 Å². The van der Waals surface area contributed by atoms with Gasteiger partial charge in [-0.25, -0.2) is 0 Å². The molecular formula is C16H29NO3. The first-order valence-electron chi connectivity index (χ1n) is 7.69. The summed E-state index contributed by atoms with van der Waals surface area (Å²) in [6, 6.07) is 0. The van der Waals surface area contributed by atoms with Gasteiger partial charge in [0.25, 0.3) is 0 Å². The van der Waals surface area contributed by atoms with Gasteiger partial charge < -0.3 is 19.1 Å². The topological polar surface area (TPSA) is 30.9 Å². The van der Waals surface area contributed by atoms with Gasteiger partial charge in [0.05, 0.1) is 19.8 Å². The molecule has 1 fully saturated rings. The maximum absolute atomic E-state index is 5.59. The summed E-state index contributed by atoms with van der Waals surface area (Å²) in [6.07, 6.45) is 4.03. The van der Waals surface area contributed by atoms with Crippen molar-refractivity contribution >= 4 is 0 Å². The Morgan fingerprint density at radius 3 is 2.70 bits per heavy atom. The van der Waals surface area contributed by atoms with E-state index in [1.807, 2.05) is 0 Å². The molecule has 0 amide bonds. The second-order valence-corrected chi connectivity index (χ2v) is 5.17. The van der Waals surface area contributed by atoms with Crippen LogP contribution in [0.2, 0.25) is 0 Å². The number of rotatable bonds is 9. The van der Waals surface area contributed by atoms with E-state index in [-0.39, 0.29) is 0 Å². The first kappa shape index (κ1) is 17.5. The molecular weight excluding hydrogens is 254 g/mol. The summed E-state index contributed by atoms with van der Waals surface area (Å²) in [5.74, 6) is 6.61. The van der Waals surface area contributed by atoms with Gasteiger partial charge in [0.1, 0.15) is 13.2 Å². The molecule has 1 heterocycles. The van der Waals surface area contributed by atoms with Crippen molar-refractivity contribution in [3.63, 3.8) is 0 Å². The van der Waals surface area contributed by atoms with Gasteiger partial charge in [0.2, 0.25) is 0 Å². The third-order valence-corrected chi connectivity index (χ3v) is 3.62. The Morgan fingerprint density at radius 1 is 1.10 bits per heavy atom. The summed E-state index contributed by atoms with van der Waals surface area (Å²) in [5, 5.41) is 0. The Labute approximate surface area is 123 Å². The molecule has 0 N–H and O–H groups in total. The van der Waals surface area contributed by atoms with Crippen molar-refractivity contribution in [2.24, 2.45) is 5.92 Å². The van der Waals surface area contributed by atoms with Crippen LogP contribution < -0.4 is 0 Å². The lowest BCUT2D eigenvalue weighted by Crippen LogP contribution is -2.37. The molecule has 0 spiro atoms. The molecule has 116 valence electrons. The summed E-state index contributed by atoms with van der Waals surface area (Å²) in [5.41, 5.74) is 0. The number of methoxy groups -OCH3 is 1. The number of hydrogen-bond donors (Lipinski definition) is 0. The van der Waals surface area contributed by atoms with E-state index in [4.69, 9.17) is 14.2 Å². The molecule has 0 aliphatic carbocycles. The predicted molar refractivity (Wildman–Crippen MR) is 80.7 cm³/mol. The Hall–Kier alpha value is -0.600. The standard InChI is InChI=1S/C16H29NO3/c1-3-16-7-6-8-17(15-16)9-12-20-14-13-19-11-5-4-10-18-2/h16H,3,6-15H2,1-2H3. The van der Waals surface area contributed by atoms with Gasteiger partial charge in [-0.05, 0) is 25.3 Å². The van der Waals surface area contributed by atoms with Crippen LogP contribution in [-0.4, -0.2) is 64.7 Å². The first-order valence-corrected chi connectivity index (χ1v) is 7.69. The van der Waals surface area contributed by atoms with Crippen molar-refractivity contribution in [2.75, 3.05) is 59.8 Å². The third kappa shape index (κ3) is 8.55. The lowest BCUT2D eigenvalue weighted by Gasteiger charge is -2.32. The van der Waals surface area contributed by atoms with Gasteiger partial charge in [-0.1, -0.05) is 25.2 Å².